The van der Waals surface area contributed by atoms with E-state index < -0.39 is 5.91 Å². The van der Waals surface area contributed by atoms with Gasteiger partial charge in [0, 0.05) is 41.9 Å². The number of pyridine rings is 1. The largest absolute Gasteiger partial charge is 0.497 e. The molecular weight excluding hydrogens is 398 g/mol. The number of hydrogen-bond acceptors (Lipinski definition) is 7. The van der Waals surface area contributed by atoms with E-state index in [-0.39, 0.29) is 5.69 Å². The fraction of sp³-hybridized carbons (Fsp3) is 0.182. The third-order valence-corrected chi connectivity index (χ3v) is 4.66. The maximum atomic E-state index is 12.5. The molecule has 4 aromatic rings. The van der Waals surface area contributed by atoms with Crippen molar-refractivity contribution < 1.29 is 18.8 Å². The smallest absolute Gasteiger partial charge is 0.279 e. The number of anilines is 1. The molecule has 0 saturated heterocycles. The summed E-state index contributed by atoms with van der Waals surface area (Å²) in [7, 11) is 3.24. The van der Waals surface area contributed by atoms with E-state index in [1.54, 1.807) is 44.8 Å². The van der Waals surface area contributed by atoms with Gasteiger partial charge in [0.15, 0.2) is 17.3 Å². The van der Waals surface area contributed by atoms with Crippen LogP contribution in [0.25, 0.3) is 11.3 Å². The van der Waals surface area contributed by atoms with E-state index in [2.05, 4.69) is 25.7 Å². The van der Waals surface area contributed by atoms with Crippen molar-refractivity contribution in [3.8, 4) is 22.8 Å². The van der Waals surface area contributed by atoms with Crippen molar-refractivity contribution in [3.63, 3.8) is 0 Å². The summed E-state index contributed by atoms with van der Waals surface area (Å²) in [4.78, 5) is 16.5. The molecule has 0 fully saturated rings. The Morgan fingerprint density at radius 3 is 2.61 bits per heavy atom. The molecule has 0 atom stereocenters. The normalized spacial score (nSPS) is 10.6. The number of aromatic amines is 1. The summed E-state index contributed by atoms with van der Waals surface area (Å²) in [5.41, 5.74) is 2.85. The highest BCUT2D eigenvalue weighted by Crippen LogP contribution is 2.24. The fourth-order valence-electron chi connectivity index (χ4n) is 3.05. The van der Waals surface area contributed by atoms with Crippen LogP contribution in [0.4, 0.5) is 5.82 Å². The summed E-state index contributed by atoms with van der Waals surface area (Å²) in [6.45, 7) is 0. The Balaban J connectivity index is 1.37. The number of nitrogens with one attached hydrogen (secondary N) is 2. The third kappa shape index (κ3) is 4.89. The molecule has 0 spiro atoms. The first-order valence-corrected chi connectivity index (χ1v) is 9.59. The number of rotatable bonds is 8. The minimum Gasteiger partial charge on any atom is -0.497 e. The van der Waals surface area contributed by atoms with Crippen LogP contribution in [0.15, 0.2) is 59.4 Å². The van der Waals surface area contributed by atoms with E-state index in [1.165, 1.54) is 0 Å². The minimum atomic E-state index is -0.408. The Bertz CT molecular complexity index is 1150. The summed E-state index contributed by atoms with van der Waals surface area (Å²) >= 11 is 0. The van der Waals surface area contributed by atoms with Crippen molar-refractivity contribution in [1.29, 1.82) is 0 Å². The number of aryl methyl sites for hydroxylation is 2. The third-order valence-electron chi connectivity index (χ3n) is 4.66. The lowest BCUT2D eigenvalue weighted by Gasteiger charge is -2.07. The van der Waals surface area contributed by atoms with Crippen molar-refractivity contribution in [1.82, 2.24) is 20.3 Å². The van der Waals surface area contributed by atoms with Crippen LogP contribution in [0, 0.1) is 0 Å². The average molecular weight is 419 g/mol. The first kappa shape index (κ1) is 20.1. The zero-order valence-electron chi connectivity index (χ0n) is 17.1. The van der Waals surface area contributed by atoms with Crippen LogP contribution < -0.4 is 14.8 Å². The second kappa shape index (κ2) is 9.12. The Morgan fingerprint density at radius 2 is 1.90 bits per heavy atom. The number of ether oxygens (including phenoxy) is 2. The number of aromatic nitrogens is 4. The van der Waals surface area contributed by atoms with Crippen LogP contribution >= 0.6 is 0 Å². The molecule has 3 aromatic heterocycles. The van der Waals surface area contributed by atoms with Gasteiger partial charge in [0.05, 0.1) is 14.2 Å². The highest BCUT2D eigenvalue weighted by molar-refractivity contribution is 6.02. The van der Waals surface area contributed by atoms with Gasteiger partial charge in [0.2, 0.25) is 0 Å². The van der Waals surface area contributed by atoms with E-state index in [0.717, 1.165) is 34.7 Å². The maximum Gasteiger partial charge on any atom is 0.279 e. The van der Waals surface area contributed by atoms with E-state index >= 15 is 0 Å². The van der Waals surface area contributed by atoms with Gasteiger partial charge < -0.3 is 19.3 Å². The predicted molar refractivity (Wildman–Crippen MR) is 113 cm³/mol. The number of carbonyl (C=O) groups is 1. The van der Waals surface area contributed by atoms with E-state index in [9.17, 15) is 4.79 Å². The Hall–Kier alpha value is -4.14. The molecule has 9 heteroatoms. The summed E-state index contributed by atoms with van der Waals surface area (Å²) in [6, 6.07) is 12.7. The second-order valence-electron chi connectivity index (χ2n) is 6.77. The summed E-state index contributed by atoms with van der Waals surface area (Å²) < 4.78 is 15.8. The molecule has 158 valence electrons. The van der Waals surface area contributed by atoms with Gasteiger partial charge >= 0.3 is 0 Å². The molecule has 1 amide bonds. The van der Waals surface area contributed by atoms with Gasteiger partial charge in [-0.15, -0.1) is 0 Å². The molecule has 31 heavy (non-hydrogen) atoms. The highest BCUT2D eigenvalue weighted by atomic mass is 16.5. The first-order chi connectivity index (χ1) is 15.1. The van der Waals surface area contributed by atoms with E-state index in [4.69, 9.17) is 14.0 Å². The number of hydrogen-bond donors (Lipinski definition) is 2. The Labute approximate surface area is 178 Å². The zero-order valence-corrected chi connectivity index (χ0v) is 17.1. The maximum absolute atomic E-state index is 12.5. The Morgan fingerprint density at radius 1 is 1.10 bits per heavy atom. The number of benzene rings is 1. The molecule has 4 rings (SSSR count). The second-order valence-corrected chi connectivity index (χ2v) is 6.77. The monoisotopic (exact) mass is 419 g/mol. The number of methoxy groups -OCH3 is 2. The highest BCUT2D eigenvalue weighted by Gasteiger charge is 2.15. The number of carbonyl (C=O) groups excluding carboxylic acids is 1. The van der Waals surface area contributed by atoms with E-state index in [0.29, 0.717) is 18.0 Å². The molecule has 0 aliphatic carbocycles. The van der Waals surface area contributed by atoms with Gasteiger partial charge in [0.1, 0.15) is 11.5 Å². The lowest BCUT2D eigenvalue weighted by Crippen LogP contribution is -2.12. The van der Waals surface area contributed by atoms with Gasteiger partial charge in [-0.3, -0.25) is 14.9 Å². The van der Waals surface area contributed by atoms with Gasteiger partial charge in [-0.05, 0) is 42.7 Å². The van der Waals surface area contributed by atoms with Crippen LogP contribution in [-0.2, 0) is 12.8 Å². The predicted octanol–water partition coefficient (Wildman–Crippen LogP) is 3.51. The van der Waals surface area contributed by atoms with Crippen LogP contribution in [0.5, 0.6) is 11.5 Å². The SMILES string of the molecule is COc1cc(CCc2cc(NC(=O)c3cc(-c4cccnc4)on3)n[nH]2)cc(OC)c1. The zero-order chi connectivity index (χ0) is 21.6. The molecule has 0 aliphatic heterocycles. The summed E-state index contributed by atoms with van der Waals surface area (Å²) in [5, 5.41) is 13.6. The molecule has 3 heterocycles. The fourth-order valence-corrected chi connectivity index (χ4v) is 3.05. The number of amides is 1. The number of H-pyrrole nitrogens is 1. The molecule has 0 saturated carbocycles. The minimum absolute atomic E-state index is 0.159. The van der Waals surface area contributed by atoms with Crippen molar-refractivity contribution in [3.05, 3.63) is 71.8 Å². The van der Waals surface area contributed by atoms with Crippen molar-refractivity contribution in [2.24, 2.45) is 0 Å². The number of nitrogens with zero attached hydrogens (tertiary/aromatic N) is 3. The average Bonchev–Trinajstić information content (AvgIpc) is 3.48. The van der Waals surface area contributed by atoms with Crippen LogP contribution in [0.3, 0.4) is 0 Å². The van der Waals surface area contributed by atoms with Crippen molar-refractivity contribution in [2.45, 2.75) is 12.8 Å². The van der Waals surface area contributed by atoms with Gasteiger partial charge in [0.25, 0.3) is 5.91 Å². The summed E-state index contributed by atoms with van der Waals surface area (Å²) in [5.74, 6) is 1.95. The lowest BCUT2D eigenvalue weighted by atomic mass is 10.1. The lowest BCUT2D eigenvalue weighted by molar-refractivity contribution is 0.101. The molecule has 2 N–H and O–H groups in total. The summed E-state index contributed by atoms with van der Waals surface area (Å²) in [6.07, 6.45) is 4.75. The quantitative estimate of drug-likeness (QED) is 0.449. The van der Waals surface area contributed by atoms with Gasteiger partial charge in [-0.25, -0.2) is 0 Å². The molecule has 0 bridgehead atoms. The van der Waals surface area contributed by atoms with Gasteiger partial charge in [-0.2, -0.15) is 5.10 Å². The standard InChI is InChI=1S/C22H21N5O4/c1-29-17-8-14(9-18(11-17)30-2)5-6-16-10-21(26-25-16)24-22(28)19-12-20(31-27-19)15-4-3-7-23-13-15/h3-4,7-13H,5-6H2,1-2H3,(H2,24,25,26,28). The molecule has 1 aromatic carbocycles. The van der Waals surface area contributed by atoms with Crippen molar-refractivity contribution >= 4 is 11.7 Å². The van der Waals surface area contributed by atoms with Crippen LogP contribution in [0.1, 0.15) is 21.7 Å². The molecule has 0 unspecified atom stereocenters. The van der Waals surface area contributed by atoms with Crippen LogP contribution in [0.2, 0.25) is 0 Å². The van der Waals surface area contributed by atoms with Crippen LogP contribution in [-0.4, -0.2) is 40.5 Å². The molecule has 0 radical (unpaired) electrons. The first-order valence-electron chi connectivity index (χ1n) is 9.59. The molecule has 0 aliphatic rings. The topological polar surface area (TPSA) is 115 Å². The van der Waals surface area contributed by atoms with Gasteiger partial charge in [-0.1, -0.05) is 5.16 Å². The molecular formula is C22H21N5O4. The van der Waals surface area contributed by atoms with E-state index in [1.807, 2.05) is 24.3 Å². The van der Waals surface area contributed by atoms with Crippen molar-refractivity contribution in [2.75, 3.05) is 19.5 Å². The molecule has 9 nitrogen and oxygen atoms in total. The Kier molecular flexibility index (Phi) is 5.93.